The molecule has 0 saturated carbocycles. The topological polar surface area (TPSA) is 21.8 Å². The van der Waals surface area contributed by atoms with Gasteiger partial charge in [-0.05, 0) is 47.5 Å². The maximum Gasteiger partial charge on any atom is 0.0110 e. The van der Waals surface area contributed by atoms with Crippen molar-refractivity contribution in [3.63, 3.8) is 0 Å². The Hall–Kier alpha value is -0.160. The van der Waals surface area contributed by atoms with Gasteiger partial charge in [-0.3, -0.25) is 4.90 Å². The quantitative estimate of drug-likeness (QED) is 0.640. The summed E-state index contributed by atoms with van der Waals surface area (Å²) in [6.07, 6.45) is 1.25. The first-order chi connectivity index (χ1) is 8.59. The van der Waals surface area contributed by atoms with Crippen molar-refractivity contribution in [2.75, 3.05) is 66.5 Å². The summed E-state index contributed by atoms with van der Waals surface area (Å²) in [6.45, 7) is 14.1. The number of hydrogen-bond acceptors (Lipinski definition) is 4. The maximum absolute atomic E-state index is 3.56. The number of likely N-dealkylation sites (N-methyl/N-ethyl adjacent to an activating group) is 1. The Morgan fingerprint density at radius 2 is 1.78 bits per heavy atom. The van der Waals surface area contributed by atoms with Gasteiger partial charge in [-0.15, -0.1) is 0 Å². The van der Waals surface area contributed by atoms with Crippen LogP contribution in [0.25, 0.3) is 0 Å². The molecule has 4 heteroatoms. The molecular weight excluding hydrogens is 224 g/mol. The Morgan fingerprint density at radius 3 is 2.39 bits per heavy atom. The van der Waals surface area contributed by atoms with Crippen LogP contribution in [0.15, 0.2) is 0 Å². The lowest BCUT2D eigenvalue weighted by molar-refractivity contribution is 0.154. The van der Waals surface area contributed by atoms with Crippen LogP contribution in [0.2, 0.25) is 0 Å². The molecule has 1 heterocycles. The van der Waals surface area contributed by atoms with Crippen LogP contribution in [0, 0.1) is 0 Å². The smallest absolute Gasteiger partial charge is 0.0110 e. The largest absolute Gasteiger partial charge is 0.315 e. The molecule has 1 saturated heterocycles. The van der Waals surface area contributed by atoms with E-state index in [1.165, 1.54) is 45.7 Å². The van der Waals surface area contributed by atoms with Crippen molar-refractivity contribution in [2.45, 2.75) is 26.3 Å². The normalized spacial score (nSPS) is 19.0. The van der Waals surface area contributed by atoms with E-state index in [4.69, 9.17) is 0 Å². The van der Waals surface area contributed by atoms with Crippen LogP contribution < -0.4 is 5.32 Å². The fourth-order valence-electron chi connectivity index (χ4n) is 2.15. The van der Waals surface area contributed by atoms with Crippen LogP contribution >= 0.6 is 0 Å². The van der Waals surface area contributed by atoms with Gasteiger partial charge in [0.25, 0.3) is 0 Å². The van der Waals surface area contributed by atoms with Crippen molar-refractivity contribution < 1.29 is 0 Å². The lowest BCUT2D eigenvalue weighted by Gasteiger charge is -2.32. The number of hydrogen-bond donors (Lipinski definition) is 1. The second-order valence-corrected chi connectivity index (χ2v) is 5.82. The fourth-order valence-corrected chi connectivity index (χ4v) is 2.15. The zero-order chi connectivity index (χ0) is 13.4. The first kappa shape index (κ1) is 15.9. The van der Waals surface area contributed by atoms with Gasteiger partial charge in [0.1, 0.15) is 0 Å². The second kappa shape index (κ2) is 8.86. The standard InChI is InChI=1S/C14H32N4/c1-14(2)17(4)8-5-6-15-7-9-18-12-10-16(3)11-13-18/h14-15H,5-13H2,1-4H3. The summed E-state index contributed by atoms with van der Waals surface area (Å²) in [7, 11) is 4.41. The second-order valence-electron chi connectivity index (χ2n) is 5.82. The Balaban J connectivity index is 1.90. The summed E-state index contributed by atoms with van der Waals surface area (Å²) in [5.74, 6) is 0. The van der Waals surface area contributed by atoms with Gasteiger partial charge >= 0.3 is 0 Å². The molecule has 108 valence electrons. The summed E-state index contributed by atoms with van der Waals surface area (Å²) in [5.41, 5.74) is 0. The SMILES string of the molecule is CC(C)N(C)CCCNCCN1CCN(C)CC1. The highest BCUT2D eigenvalue weighted by Crippen LogP contribution is 1.97. The molecule has 0 aromatic heterocycles. The molecule has 0 aromatic carbocycles. The molecular formula is C14H32N4. The van der Waals surface area contributed by atoms with Gasteiger partial charge in [0.2, 0.25) is 0 Å². The van der Waals surface area contributed by atoms with Crippen molar-refractivity contribution in [3.05, 3.63) is 0 Å². The third kappa shape index (κ3) is 6.69. The summed E-state index contributed by atoms with van der Waals surface area (Å²) in [4.78, 5) is 7.38. The average Bonchev–Trinajstić information content (AvgIpc) is 2.35. The number of nitrogens with zero attached hydrogens (tertiary/aromatic N) is 3. The predicted molar refractivity (Wildman–Crippen MR) is 79.2 cm³/mol. The molecule has 0 bridgehead atoms. The van der Waals surface area contributed by atoms with Crippen molar-refractivity contribution in [2.24, 2.45) is 0 Å². The van der Waals surface area contributed by atoms with E-state index in [1.807, 2.05) is 0 Å². The Morgan fingerprint density at radius 1 is 1.11 bits per heavy atom. The van der Waals surface area contributed by atoms with E-state index in [0.717, 1.165) is 13.1 Å². The van der Waals surface area contributed by atoms with Crippen LogP contribution in [0.3, 0.4) is 0 Å². The molecule has 0 atom stereocenters. The van der Waals surface area contributed by atoms with Crippen LogP contribution in [-0.2, 0) is 0 Å². The average molecular weight is 256 g/mol. The van der Waals surface area contributed by atoms with Crippen molar-refractivity contribution >= 4 is 0 Å². The fraction of sp³-hybridized carbons (Fsp3) is 1.00. The molecule has 1 aliphatic heterocycles. The molecule has 0 unspecified atom stereocenters. The van der Waals surface area contributed by atoms with Gasteiger partial charge < -0.3 is 15.1 Å². The molecule has 0 aromatic rings. The van der Waals surface area contributed by atoms with Crippen molar-refractivity contribution in [1.82, 2.24) is 20.0 Å². The zero-order valence-corrected chi connectivity index (χ0v) is 12.8. The molecule has 1 rings (SSSR count). The molecule has 4 nitrogen and oxygen atoms in total. The van der Waals surface area contributed by atoms with Crippen molar-refractivity contribution in [3.8, 4) is 0 Å². The predicted octanol–water partition coefficient (Wildman–Crippen LogP) is 0.554. The molecule has 0 amide bonds. The third-order valence-electron chi connectivity index (χ3n) is 3.95. The Bertz CT molecular complexity index is 200. The number of nitrogens with one attached hydrogen (secondary N) is 1. The summed E-state index contributed by atoms with van der Waals surface area (Å²) in [6, 6.07) is 0.662. The summed E-state index contributed by atoms with van der Waals surface area (Å²) in [5, 5.41) is 3.56. The van der Waals surface area contributed by atoms with Crippen LogP contribution in [0.1, 0.15) is 20.3 Å². The first-order valence-corrected chi connectivity index (χ1v) is 7.41. The molecule has 1 N–H and O–H groups in total. The first-order valence-electron chi connectivity index (χ1n) is 7.41. The highest BCUT2D eigenvalue weighted by molar-refractivity contribution is 4.69. The highest BCUT2D eigenvalue weighted by atomic mass is 15.2. The lowest BCUT2D eigenvalue weighted by atomic mass is 10.3. The maximum atomic E-state index is 3.56. The van der Waals surface area contributed by atoms with Crippen molar-refractivity contribution in [1.29, 1.82) is 0 Å². The van der Waals surface area contributed by atoms with Gasteiger partial charge in [0, 0.05) is 45.3 Å². The van der Waals surface area contributed by atoms with E-state index >= 15 is 0 Å². The minimum atomic E-state index is 0.662. The van der Waals surface area contributed by atoms with E-state index in [-0.39, 0.29) is 0 Å². The van der Waals surface area contributed by atoms with Gasteiger partial charge in [0.15, 0.2) is 0 Å². The van der Waals surface area contributed by atoms with E-state index in [1.54, 1.807) is 0 Å². The Labute approximate surface area is 113 Å². The van der Waals surface area contributed by atoms with E-state index in [9.17, 15) is 0 Å². The van der Waals surface area contributed by atoms with Gasteiger partial charge in [-0.2, -0.15) is 0 Å². The third-order valence-corrected chi connectivity index (χ3v) is 3.95. The van der Waals surface area contributed by atoms with Crippen LogP contribution in [0.4, 0.5) is 0 Å². The molecule has 1 aliphatic rings. The number of rotatable bonds is 8. The van der Waals surface area contributed by atoms with Gasteiger partial charge in [-0.25, -0.2) is 0 Å². The lowest BCUT2D eigenvalue weighted by Crippen LogP contribution is -2.46. The van der Waals surface area contributed by atoms with Crippen LogP contribution in [0.5, 0.6) is 0 Å². The van der Waals surface area contributed by atoms with Gasteiger partial charge in [0.05, 0.1) is 0 Å². The Kier molecular flexibility index (Phi) is 7.82. The number of piperazine rings is 1. The summed E-state index contributed by atoms with van der Waals surface area (Å²) >= 11 is 0. The van der Waals surface area contributed by atoms with E-state index < -0.39 is 0 Å². The molecule has 0 radical (unpaired) electrons. The monoisotopic (exact) mass is 256 g/mol. The minimum absolute atomic E-state index is 0.662. The van der Waals surface area contributed by atoms with Crippen LogP contribution in [-0.4, -0.2) is 87.2 Å². The highest BCUT2D eigenvalue weighted by Gasteiger charge is 2.12. The zero-order valence-electron chi connectivity index (χ0n) is 12.8. The molecule has 1 fully saturated rings. The van der Waals surface area contributed by atoms with Gasteiger partial charge in [-0.1, -0.05) is 0 Å². The molecule has 0 spiro atoms. The van der Waals surface area contributed by atoms with E-state index in [0.29, 0.717) is 6.04 Å². The summed E-state index contributed by atoms with van der Waals surface area (Å²) < 4.78 is 0. The molecule has 0 aliphatic carbocycles. The van der Waals surface area contributed by atoms with E-state index in [2.05, 4.69) is 48.0 Å². The molecule has 18 heavy (non-hydrogen) atoms. The minimum Gasteiger partial charge on any atom is -0.315 e.